The number of aliphatic carboxylic acids is 1. The molecule has 1 unspecified atom stereocenters. The molecular weight excluding hydrogens is 614 g/mol. The predicted molar refractivity (Wildman–Crippen MR) is 192 cm³/mol. The lowest BCUT2D eigenvalue weighted by molar-refractivity contribution is -0.235. The van der Waals surface area contributed by atoms with Crippen LogP contribution in [0.5, 0.6) is 0 Å². The predicted octanol–water partition coefficient (Wildman–Crippen LogP) is 8.23. The molecule has 0 radical (unpaired) electrons. The molecule has 5 aliphatic carbocycles. The van der Waals surface area contributed by atoms with Gasteiger partial charge in [0.05, 0.1) is 17.9 Å². The number of Topliss-reactive ketones (excluding diaryl/α,β-unsaturated/α-hetero) is 1. The Morgan fingerprint density at radius 1 is 0.898 bits per heavy atom. The van der Waals surface area contributed by atoms with Crippen LogP contribution < -0.4 is 0 Å². The Kier molecular flexibility index (Phi) is 9.41. The molecule has 5 fully saturated rings. The van der Waals surface area contributed by atoms with Crippen LogP contribution in [0.2, 0.25) is 0 Å². The summed E-state index contributed by atoms with van der Waals surface area (Å²) in [6.07, 6.45) is 11.4. The Morgan fingerprint density at radius 2 is 1.57 bits per heavy atom. The van der Waals surface area contributed by atoms with E-state index in [1.54, 1.807) is 13.8 Å². The highest BCUT2D eigenvalue weighted by Crippen LogP contribution is 2.77. The molecule has 0 amide bonds. The van der Waals surface area contributed by atoms with Gasteiger partial charge in [-0.1, -0.05) is 60.5 Å². The number of likely N-dealkylation sites (tertiary alicyclic amines) is 1. The fourth-order valence-corrected chi connectivity index (χ4v) is 13.5. The van der Waals surface area contributed by atoms with E-state index >= 15 is 0 Å². The van der Waals surface area contributed by atoms with Crippen molar-refractivity contribution in [2.75, 3.05) is 19.6 Å². The number of allylic oxidation sites excluding steroid dienone is 1. The number of ether oxygens (including phenoxy) is 1. The van der Waals surface area contributed by atoms with E-state index < -0.39 is 28.9 Å². The van der Waals surface area contributed by atoms with Crippen molar-refractivity contribution in [1.29, 1.82) is 0 Å². The van der Waals surface area contributed by atoms with Gasteiger partial charge in [0.15, 0.2) is 5.78 Å². The minimum absolute atomic E-state index is 0.0359. The first-order chi connectivity index (χ1) is 22.7. The molecule has 1 saturated heterocycles. The average molecular weight is 682 g/mol. The summed E-state index contributed by atoms with van der Waals surface area (Å²) >= 11 is 0. The number of ketones is 1. The molecule has 0 aromatic heterocycles. The van der Waals surface area contributed by atoms with Crippen LogP contribution in [0.4, 0.5) is 0 Å². The van der Waals surface area contributed by atoms with Crippen LogP contribution in [-0.4, -0.2) is 64.7 Å². The lowest BCUT2D eigenvalue weighted by Gasteiger charge is -2.72. The van der Waals surface area contributed by atoms with Gasteiger partial charge in [0.25, 0.3) is 0 Å². The summed E-state index contributed by atoms with van der Waals surface area (Å²) in [5.41, 5.74) is 0.828. The van der Waals surface area contributed by atoms with Crippen molar-refractivity contribution in [3.63, 3.8) is 0 Å². The molecule has 0 spiro atoms. The van der Waals surface area contributed by atoms with Gasteiger partial charge in [0.1, 0.15) is 6.10 Å². The number of rotatable bonds is 8. The van der Waals surface area contributed by atoms with Crippen LogP contribution >= 0.6 is 0 Å². The van der Waals surface area contributed by atoms with E-state index in [0.29, 0.717) is 30.7 Å². The lowest BCUT2D eigenvalue weighted by atomic mass is 9.33. The van der Waals surface area contributed by atoms with Crippen molar-refractivity contribution in [2.24, 2.45) is 56.2 Å². The van der Waals surface area contributed by atoms with E-state index in [1.807, 2.05) is 0 Å². The largest absolute Gasteiger partial charge is 0.481 e. The number of carbonyl (C=O) groups is 3. The SMILES string of the molecule is CC(C)C1=C2[C@H]3CC[C@@H]4[C@@]5(C)CC[C@H](OC(=O)CC(C)(C)C(=O)O)C(C)(C)[C@@H]5CC[C@@]4(C)[C@]3(C)CCC2([C@@H](O)CN2CCCCC2)CC1=O. The van der Waals surface area contributed by atoms with E-state index in [2.05, 4.69) is 53.4 Å². The lowest BCUT2D eigenvalue weighted by Crippen LogP contribution is -2.66. The van der Waals surface area contributed by atoms with Crippen molar-refractivity contribution in [3.05, 3.63) is 11.1 Å². The third kappa shape index (κ3) is 5.60. The third-order valence-electron chi connectivity index (χ3n) is 16.4. The number of hydrogen-bond donors (Lipinski definition) is 2. The minimum atomic E-state index is -1.15. The smallest absolute Gasteiger partial charge is 0.309 e. The van der Waals surface area contributed by atoms with E-state index in [-0.39, 0.29) is 45.9 Å². The van der Waals surface area contributed by atoms with Gasteiger partial charge in [0, 0.05) is 23.8 Å². The molecule has 6 aliphatic rings. The molecular formula is C42H67NO6. The highest BCUT2D eigenvalue weighted by molar-refractivity contribution is 6.00. The van der Waals surface area contributed by atoms with Crippen LogP contribution in [0.25, 0.3) is 0 Å². The Hall–Kier alpha value is -1.73. The van der Waals surface area contributed by atoms with Gasteiger partial charge >= 0.3 is 11.9 Å². The van der Waals surface area contributed by atoms with Crippen LogP contribution in [-0.2, 0) is 19.1 Å². The Morgan fingerprint density at radius 3 is 2.20 bits per heavy atom. The molecule has 6 rings (SSSR count). The summed E-state index contributed by atoms with van der Waals surface area (Å²) in [7, 11) is 0. The first kappa shape index (κ1) is 37.0. The summed E-state index contributed by atoms with van der Waals surface area (Å²) in [4.78, 5) is 41.3. The Labute approximate surface area is 296 Å². The number of hydrogen-bond acceptors (Lipinski definition) is 6. The number of aliphatic hydroxyl groups excluding tert-OH is 1. The number of nitrogens with zero attached hydrogens (tertiary/aromatic N) is 1. The number of piperidine rings is 1. The zero-order valence-corrected chi connectivity index (χ0v) is 32.3. The summed E-state index contributed by atoms with van der Waals surface area (Å²) in [5.74, 6) is 0.286. The van der Waals surface area contributed by atoms with Crippen molar-refractivity contribution in [2.45, 2.75) is 158 Å². The van der Waals surface area contributed by atoms with E-state index in [1.165, 1.54) is 24.8 Å². The third-order valence-corrected chi connectivity index (χ3v) is 16.4. The zero-order valence-electron chi connectivity index (χ0n) is 32.3. The second-order valence-corrected chi connectivity index (χ2v) is 19.9. The number of carbonyl (C=O) groups excluding carboxylic acids is 2. The van der Waals surface area contributed by atoms with Crippen molar-refractivity contribution in [3.8, 4) is 0 Å². The maximum absolute atomic E-state index is 14.0. The Bertz CT molecular complexity index is 1370. The highest BCUT2D eigenvalue weighted by atomic mass is 16.5. The molecule has 2 N–H and O–H groups in total. The van der Waals surface area contributed by atoms with Gasteiger partial charge in [-0.05, 0) is 137 Å². The molecule has 7 heteroatoms. The van der Waals surface area contributed by atoms with Crippen molar-refractivity contribution < 1.29 is 29.3 Å². The molecule has 1 heterocycles. The molecule has 1 aliphatic heterocycles. The molecule has 7 nitrogen and oxygen atoms in total. The second-order valence-electron chi connectivity index (χ2n) is 19.9. The molecule has 276 valence electrons. The number of carboxylic acid groups (broad SMARTS) is 1. The van der Waals surface area contributed by atoms with Crippen LogP contribution in [0.3, 0.4) is 0 Å². The summed E-state index contributed by atoms with van der Waals surface area (Å²) in [6.45, 7) is 22.6. The maximum atomic E-state index is 14.0. The molecule has 4 saturated carbocycles. The molecule has 49 heavy (non-hydrogen) atoms. The standard InChI is InChI=1S/C42H67NO6/c1-26(2)34-28(44)23-42(31(45)25-43-21-11-10-12-22-43)20-19-40(8)27(35(34)42)13-14-30-39(7)17-16-32(49-33(46)24-37(3,4)36(47)48)38(5,6)29(39)15-18-41(30,40)9/h26-27,29-32,45H,10-25H2,1-9H3,(H,47,48)/t27-,29+,30-,31+,32+,39+,40-,41-,42?/m1/s1. The number of carboxylic acids is 1. The minimum Gasteiger partial charge on any atom is -0.481 e. The first-order valence-corrected chi connectivity index (χ1v) is 19.9. The van der Waals surface area contributed by atoms with Gasteiger partial charge in [-0.25, -0.2) is 0 Å². The number of esters is 1. The number of β-amino-alcohol motifs (C(OH)–C–C–N with tert-alkyl or cyclic N) is 1. The van der Waals surface area contributed by atoms with E-state index in [9.17, 15) is 24.6 Å². The zero-order chi connectivity index (χ0) is 35.9. The van der Waals surface area contributed by atoms with Gasteiger partial charge < -0.3 is 19.8 Å². The second kappa shape index (κ2) is 12.5. The molecule has 9 atom stereocenters. The van der Waals surface area contributed by atoms with Crippen LogP contribution in [0, 0.1) is 56.2 Å². The van der Waals surface area contributed by atoms with Gasteiger partial charge in [-0.15, -0.1) is 0 Å². The fraction of sp³-hybridized carbons (Fsp3) is 0.881. The van der Waals surface area contributed by atoms with Crippen molar-refractivity contribution >= 4 is 17.7 Å². The first-order valence-electron chi connectivity index (χ1n) is 19.9. The Balaban J connectivity index is 1.29. The molecule has 0 aromatic rings. The number of fused-ring (bicyclic) bond motifs is 7. The summed E-state index contributed by atoms with van der Waals surface area (Å²) in [6, 6.07) is 0. The topological polar surface area (TPSA) is 104 Å². The number of aliphatic hydroxyl groups is 1. The quantitative estimate of drug-likeness (QED) is 0.249. The van der Waals surface area contributed by atoms with E-state index in [0.717, 1.165) is 70.0 Å². The van der Waals surface area contributed by atoms with E-state index in [4.69, 9.17) is 4.74 Å². The van der Waals surface area contributed by atoms with Gasteiger partial charge in [0.2, 0.25) is 0 Å². The fourth-order valence-electron chi connectivity index (χ4n) is 13.5. The van der Waals surface area contributed by atoms with Gasteiger partial charge in [-0.3, -0.25) is 14.4 Å². The monoisotopic (exact) mass is 681 g/mol. The maximum Gasteiger partial charge on any atom is 0.309 e. The average Bonchev–Trinajstić information content (AvgIpc) is 3.32. The van der Waals surface area contributed by atoms with Crippen molar-refractivity contribution in [1.82, 2.24) is 4.90 Å². The van der Waals surface area contributed by atoms with Gasteiger partial charge in [-0.2, -0.15) is 0 Å². The summed E-state index contributed by atoms with van der Waals surface area (Å²) in [5, 5.41) is 21.8. The van der Waals surface area contributed by atoms with Crippen LogP contribution in [0.1, 0.15) is 146 Å². The normalized spacial score (nSPS) is 41.4. The summed E-state index contributed by atoms with van der Waals surface area (Å²) < 4.78 is 6.17. The van der Waals surface area contributed by atoms with Crippen LogP contribution in [0.15, 0.2) is 11.1 Å². The highest BCUT2D eigenvalue weighted by Gasteiger charge is 2.70. The molecule has 0 aromatic carbocycles. The molecule has 0 bridgehead atoms.